The summed E-state index contributed by atoms with van der Waals surface area (Å²) in [6.45, 7) is 6.22. The van der Waals surface area contributed by atoms with Crippen molar-refractivity contribution < 1.29 is 18.7 Å². The first-order chi connectivity index (χ1) is 12.5. The molecule has 0 fully saturated rings. The third kappa shape index (κ3) is 4.07. The number of fused-ring (bicyclic) bond motifs is 1. The zero-order valence-electron chi connectivity index (χ0n) is 15.1. The summed E-state index contributed by atoms with van der Waals surface area (Å²) in [5.41, 5.74) is 2.36. The molecule has 1 heterocycles. The highest BCUT2D eigenvalue weighted by molar-refractivity contribution is 5.96. The average Bonchev–Trinajstić information content (AvgIpc) is 2.96. The molecule has 1 aliphatic heterocycles. The topological polar surface area (TPSA) is 59.6 Å². The van der Waals surface area contributed by atoms with Crippen LogP contribution in [-0.2, 0) is 11.2 Å². The van der Waals surface area contributed by atoms with Crippen molar-refractivity contribution >= 4 is 17.3 Å². The van der Waals surface area contributed by atoms with Gasteiger partial charge in [0.15, 0.2) is 0 Å². The maximum atomic E-state index is 13.0. The molecule has 0 radical (unpaired) electrons. The summed E-state index contributed by atoms with van der Waals surface area (Å²) < 4.78 is 24.5. The van der Waals surface area contributed by atoms with E-state index < -0.39 is 6.04 Å². The predicted octanol–water partition coefficient (Wildman–Crippen LogP) is 3.99. The zero-order valence-corrected chi connectivity index (χ0v) is 15.1. The lowest BCUT2D eigenvalue weighted by Crippen LogP contribution is -2.32. The Morgan fingerprint density at radius 1 is 1.35 bits per heavy atom. The Bertz CT molecular complexity index is 792. The van der Waals surface area contributed by atoms with Gasteiger partial charge in [0, 0.05) is 23.7 Å². The molecule has 2 aromatic rings. The number of benzene rings is 2. The van der Waals surface area contributed by atoms with E-state index in [-0.39, 0.29) is 17.8 Å². The summed E-state index contributed by atoms with van der Waals surface area (Å²) in [7, 11) is 0. The normalized spacial score (nSPS) is 16.4. The van der Waals surface area contributed by atoms with Crippen LogP contribution in [0.4, 0.5) is 15.8 Å². The summed E-state index contributed by atoms with van der Waals surface area (Å²) in [6.07, 6.45) is 0.977. The Hall–Kier alpha value is -2.76. The molecular formula is C20H23FN2O3. The van der Waals surface area contributed by atoms with Gasteiger partial charge in [-0.3, -0.25) is 4.79 Å². The molecule has 5 nitrogen and oxygen atoms in total. The molecular weight excluding hydrogens is 335 g/mol. The molecule has 0 unspecified atom stereocenters. The number of halogens is 1. The van der Waals surface area contributed by atoms with Gasteiger partial charge in [0.2, 0.25) is 5.91 Å². The fourth-order valence-electron chi connectivity index (χ4n) is 2.91. The Morgan fingerprint density at radius 3 is 2.77 bits per heavy atom. The van der Waals surface area contributed by atoms with E-state index in [9.17, 15) is 9.18 Å². The monoisotopic (exact) mass is 358 g/mol. The van der Waals surface area contributed by atoms with Crippen molar-refractivity contribution in [2.45, 2.75) is 39.3 Å². The number of nitrogens with one attached hydrogen (secondary N) is 2. The van der Waals surface area contributed by atoms with Gasteiger partial charge in [0.1, 0.15) is 29.5 Å². The van der Waals surface area contributed by atoms with Crippen molar-refractivity contribution in [2.24, 2.45) is 0 Å². The second-order valence-corrected chi connectivity index (χ2v) is 6.38. The number of hydrogen-bond acceptors (Lipinski definition) is 4. The van der Waals surface area contributed by atoms with Gasteiger partial charge in [-0.05, 0) is 51.1 Å². The number of hydrogen-bond donors (Lipinski definition) is 2. The van der Waals surface area contributed by atoms with Crippen molar-refractivity contribution in [1.29, 1.82) is 0 Å². The Kier molecular flexibility index (Phi) is 5.30. The van der Waals surface area contributed by atoms with Crippen LogP contribution in [-0.4, -0.2) is 24.7 Å². The summed E-state index contributed by atoms with van der Waals surface area (Å²) in [5, 5.41) is 5.94. The van der Waals surface area contributed by atoms with E-state index in [0.717, 1.165) is 17.7 Å². The van der Waals surface area contributed by atoms with E-state index in [1.807, 2.05) is 26.0 Å². The van der Waals surface area contributed by atoms with Gasteiger partial charge in [-0.15, -0.1) is 0 Å². The van der Waals surface area contributed by atoms with Crippen LogP contribution in [0.25, 0.3) is 0 Å². The van der Waals surface area contributed by atoms with Crippen LogP contribution in [0.1, 0.15) is 26.3 Å². The lowest BCUT2D eigenvalue weighted by atomic mass is 10.1. The van der Waals surface area contributed by atoms with Crippen LogP contribution in [0.2, 0.25) is 0 Å². The van der Waals surface area contributed by atoms with E-state index in [4.69, 9.17) is 9.47 Å². The molecule has 0 saturated heterocycles. The number of amides is 1. The maximum absolute atomic E-state index is 13.0. The third-order valence-corrected chi connectivity index (χ3v) is 4.18. The lowest BCUT2D eigenvalue weighted by molar-refractivity contribution is -0.116. The first kappa shape index (κ1) is 18.0. The van der Waals surface area contributed by atoms with Gasteiger partial charge in [0.25, 0.3) is 0 Å². The van der Waals surface area contributed by atoms with E-state index in [0.29, 0.717) is 23.7 Å². The first-order valence-corrected chi connectivity index (χ1v) is 8.75. The Balaban J connectivity index is 1.73. The van der Waals surface area contributed by atoms with Gasteiger partial charge >= 0.3 is 0 Å². The SMILES string of the molecule is CCOc1cc2c(cc1N[C@H](C)C(=O)Nc1ccc(F)cc1)O[C@@H](C)C2. The van der Waals surface area contributed by atoms with Gasteiger partial charge < -0.3 is 20.1 Å². The summed E-state index contributed by atoms with van der Waals surface area (Å²) in [4.78, 5) is 12.4. The van der Waals surface area contributed by atoms with E-state index in [1.54, 1.807) is 6.92 Å². The number of carbonyl (C=O) groups excluding carboxylic acids is 1. The molecule has 0 spiro atoms. The minimum atomic E-state index is -0.517. The second-order valence-electron chi connectivity index (χ2n) is 6.38. The maximum Gasteiger partial charge on any atom is 0.246 e. The molecule has 2 atom stereocenters. The molecule has 1 amide bonds. The minimum absolute atomic E-state index is 0.133. The highest BCUT2D eigenvalue weighted by atomic mass is 19.1. The fourth-order valence-corrected chi connectivity index (χ4v) is 2.91. The van der Waals surface area contributed by atoms with Gasteiger partial charge in [0.05, 0.1) is 12.3 Å². The highest BCUT2D eigenvalue weighted by Crippen LogP contribution is 2.38. The van der Waals surface area contributed by atoms with Gasteiger partial charge in [-0.2, -0.15) is 0 Å². The van der Waals surface area contributed by atoms with Crippen molar-refractivity contribution in [1.82, 2.24) is 0 Å². The minimum Gasteiger partial charge on any atom is -0.492 e. The number of ether oxygens (including phenoxy) is 2. The second kappa shape index (κ2) is 7.64. The predicted molar refractivity (Wildman–Crippen MR) is 99.5 cm³/mol. The van der Waals surface area contributed by atoms with Crippen molar-refractivity contribution in [2.75, 3.05) is 17.2 Å². The van der Waals surface area contributed by atoms with E-state index in [1.165, 1.54) is 24.3 Å². The molecule has 0 aliphatic carbocycles. The highest BCUT2D eigenvalue weighted by Gasteiger charge is 2.23. The van der Waals surface area contributed by atoms with Crippen LogP contribution < -0.4 is 20.1 Å². The molecule has 0 bridgehead atoms. The lowest BCUT2D eigenvalue weighted by Gasteiger charge is -2.19. The molecule has 2 aromatic carbocycles. The quantitative estimate of drug-likeness (QED) is 0.820. The molecule has 3 rings (SSSR count). The number of anilines is 2. The molecule has 1 aliphatic rings. The molecule has 6 heteroatoms. The van der Waals surface area contributed by atoms with Crippen LogP contribution in [0.5, 0.6) is 11.5 Å². The average molecular weight is 358 g/mol. The molecule has 0 aromatic heterocycles. The summed E-state index contributed by atoms with van der Waals surface area (Å²) in [5.74, 6) is 0.941. The molecule has 26 heavy (non-hydrogen) atoms. The molecule has 2 N–H and O–H groups in total. The van der Waals surface area contributed by atoms with Crippen molar-refractivity contribution in [3.63, 3.8) is 0 Å². The fraction of sp³-hybridized carbons (Fsp3) is 0.350. The first-order valence-electron chi connectivity index (χ1n) is 8.75. The Morgan fingerprint density at radius 2 is 2.08 bits per heavy atom. The van der Waals surface area contributed by atoms with Crippen molar-refractivity contribution in [3.8, 4) is 11.5 Å². The standard InChI is InChI=1S/C20H23FN2O3/c1-4-25-19-10-14-9-12(2)26-18(14)11-17(19)22-13(3)20(24)23-16-7-5-15(21)6-8-16/h5-8,10-13,22H,4,9H2,1-3H3,(H,23,24)/t12-,13+/m0/s1. The third-order valence-electron chi connectivity index (χ3n) is 4.18. The van der Waals surface area contributed by atoms with Crippen LogP contribution in [0, 0.1) is 5.82 Å². The van der Waals surface area contributed by atoms with E-state index in [2.05, 4.69) is 10.6 Å². The summed E-state index contributed by atoms with van der Waals surface area (Å²) in [6, 6.07) is 8.99. The molecule has 138 valence electrons. The van der Waals surface area contributed by atoms with Gasteiger partial charge in [-0.25, -0.2) is 4.39 Å². The van der Waals surface area contributed by atoms with Gasteiger partial charge in [-0.1, -0.05) is 0 Å². The van der Waals surface area contributed by atoms with Crippen LogP contribution >= 0.6 is 0 Å². The largest absolute Gasteiger partial charge is 0.492 e. The number of carbonyl (C=O) groups is 1. The Labute approximate surface area is 152 Å². The van der Waals surface area contributed by atoms with Crippen LogP contribution in [0.3, 0.4) is 0 Å². The zero-order chi connectivity index (χ0) is 18.7. The van der Waals surface area contributed by atoms with E-state index >= 15 is 0 Å². The molecule has 0 saturated carbocycles. The number of rotatable bonds is 6. The summed E-state index contributed by atoms with van der Waals surface area (Å²) >= 11 is 0. The van der Waals surface area contributed by atoms with Crippen molar-refractivity contribution in [3.05, 3.63) is 47.8 Å². The smallest absolute Gasteiger partial charge is 0.246 e. The van der Waals surface area contributed by atoms with Crippen LogP contribution in [0.15, 0.2) is 36.4 Å².